The van der Waals surface area contributed by atoms with Gasteiger partial charge in [0, 0.05) is 0 Å². The van der Waals surface area contributed by atoms with Crippen LogP contribution in [0, 0.1) is 10.8 Å². The molecule has 0 saturated heterocycles. The van der Waals surface area contributed by atoms with E-state index < -0.39 is 0 Å². The van der Waals surface area contributed by atoms with E-state index in [1.54, 1.807) is 0 Å². The summed E-state index contributed by atoms with van der Waals surface area (Å²) in [4.78, 5) is 23.0. The number of esters is 2. The van der Waals surface area contributed by atoms with Crippen LogP contribution in [0.3, 0.4) is 0 Å². The molecule has 0 heterocycles. The first-order valence-electron chi connectivity index (χ1n) is 9.64. The minimum Gasteiger partial charge on any atom is -0.459 e. The zero-order valence-electron chi connectivity index (χ0n) is 17.6. The molecule has 0 spiro atoms. The van der Waals surface area contributed by atoms with Crippen LogP contribution in [0.1, 0.15) is 123 Å². The molecule has 2 rings (SSSR count). The number of carbonyl (C=O) groups is 2. The van der Waals surface area contributed by atoms with Crippen LogP contribution in [0.25, 0.3) is 0 Å². The van der Waals surface area contributed by atoms with Gasteiger partial charge in [-0.3, -0.25) is 9.59 Å². The Bertz CT molecular complexity index is 470. The maximum atomic E-state index is 11.7. The van der Waals surface area contributed by atoms with Gasteiger partial charge in [0.15, 0.2) is 0 Å². The van der Waals surface area contributed by atoms with Gasteiger partial charge >= 0.3 is 11.9 Å². The zero-order chi connectivity index (χ0) is 19.5. The minimum absolute atomic E-state index is 0. The van der Waals surface area contributed by atoms with Crippen LogP contribution in [-0.4, -0.2) is 23.1 Å². The molecule has 4 nitrogen and oxygen atoms in total. The van der Waals surface area contributed by atoms with E-state index in [4.69, 9.17) is 9.47 Å². The van der Waals surface area contributed by atoms with Crippen molar-refractivity contribution in [1.29, 1.82) is 0 Å². The summed E-state index contributed by atoms with van der Waals surface area (Å²) < 4.78 is 10.9. The number of hydrogen-bond donors (Lipinski definition) is 0. The first-order chi connectivity index (χ1) is 11.2. The summed E-state index contributed by atoms with van der Waals surface area (Å²) in [5.41, 5.74) is -1.04. The maximum Gasteiger partial charge on any atom is 0.311 e. The van der Waals surface area contributed by atoms with Crippen LogP contribution in [-0.2, 0) is 19.1 Å². The highest BCUT2D eigenvalue weighted by atomic mass is 16.6. The number of carbonyl (C=O) groups excluding carboxylic acids is 2. The van der Waals surface area contributed by atoms with E-state index in [1.807, 2.05) is 48.5 Å². The molecule has 170 valence electrons. The van der Waals surface area contributed by atoms with E-state index in [0.29, 0.717) is 0 Å². The van der Waals surface area contributed by atoms with Crippen molar-refractivity contribution >= 4 is 11.9 Å². The van der Waals surface area contributed by atoms with Crippen LogP contribution in [0.4, 0.5) is 0 Å². The van der Waals surface area contributed by atoms with E-state index in [0.717, 1.165) is 25.7 Å². The van der Waals surface area contributed by atoms with Gasteiger partial charge < -0.3 is 9.47 Å². The van der Waals surface area contributed by atoms with Crippen LogP contribution >= 0.6 is 0 Å². The molecular formula is C24H50O4. The predicted molar refractivity (Wildman–Crippen MR) is 120 cm³/mol. The molecule has 2 fully saturated rings. The number of rotatable bonds is 2. The first kappa shape index (κ1) is 31.6. The largest absolute Gasteiger partial charge is 0.459 e. The minimum atomic E-state index is -0.375. The molecule has 2 aliphatic rings. The lowest BCUT2D eigenvalue weighted by Gasteiger charge is -2.35. The Hall–Kier alpha value is -1.06. The molecule has 0 amide bonds. The van der Waals surface area contributed by atoms with Gasteiger partial charge in [0.1, 0.15) is 11.2 Å². The fourth-order valence-electron chi connectivity index (χ4n) is 2.43. The van der Waals surface area contributed by atoms with Crippen molar-refractivity contribution in [3.63, 3.8) is 0 Å². The quantitative estimate of drug-likeness (QED) is 0.453. The van der Waals surface area contributed by atoms with Crippen molar-refractivity contribution < 1.29 is 19.1 Å². The third kappa shape index (κ3) is 11.1. The summed E-state index contributed by atoms with van der Waals surface area (Å²) in [7, 11) is 0. The van der Waals surface area contributed by atoms with Crippen molar-refractivity contribution in [2.75, 3.05) is 0 Å². The molecular weight excluding hydrogens is 352 g/mol. The molecule has 2 saturated carbocycles. The lowest BCUT2D eigenvalue weighted by Crippen LogP contribution is -2.38. The molecule has 0 bridgehead atoms. The second-order valence-corrected chi connectivity index (χ2v) is 10.2. The Morgan fingerprint density at radius 1 is 0.607 bits per heavy atom. The van der Waals surface area contributed by atoms with Crippen molar-refractivity contribution in [2.45, 2.75) is 134 Å². The van der Waals surface area contributed by atoms with E-state index in [9.17, 15) is 9.59 Å². The monoisotopic (exact) mass is 402 g/mol. The molecule has 0 N–H and O–H groups in total. The molecule has 0 aromatic rings. The van der Waals surface area contributed by atoms with Gasteiger partial charge in [0.25, 0.3) is 0 Å². The van der Waals surface area contributed by atoms with Crippen molar-refractivity contribution in [3.05, 3.63) is 0 Å². The molecule has 0 atom stereocenters. The zero-order valence-corrected chi connectivity index (χ0v) is 17.6. The smallest absolute Gasteiger partial charge is 0.311 e. The molecule has 0 aromatic heterocycles. The Morgan fingerprint density at radius 2 is 0.893 bits per heavy atom. The van der Waals surface area contributed by atoms with Crippen molar-refractivity contribution in [3.8, 4) is 0 Å². The first-order valence-corrected chi connectivity index (χ1v) is 9.64. The van der Waals surface area contributed by atoms with E-state index in [2.05, 4.69) is 6.92 Å². The topological polar surface area (TPSA) is 52.6 Å². The molecule has 0 aliphatic heterocycles. The average Bonchev–Trinajstić information content (AvgIpc) is 3.15. The van der Waals surface area contributed by atoms with Crippen LogP contribution in [0.5, 0.6) is 0 Å². The van der Waals surface area contributed by atoms with Gasteiger partial charge in [-0.1, -0.05) is 28.7 Å². The van der Waals surface area contributed by atoms with E-state index in [1.165, 1.54) is 19.3 Å². The second kappa shape index (κ2) is 11.2. The summed E-state index contributed by atoms with van der Waals surface area (Å²) in [6, 6.07) is 0. The van der Waals surface area contributed by atoms with E-state index >= 15 is 0 Å². The maximum absolute atomic E-state index is 11.7. The number of hydrogen-bond acceptors (Lipinski definition) is 4. The average molecular weight is 403 g/mol. The molecule has 0 radical (unpaired) electrons. The molecule has 4 heteroatoms. The Balaban J connectivity index is -0.000000412. The predicted octanol–water partition coefficient (Wildman–Crippen LogP) is 7.34. The van der Waals surface area contributed by atoms with Crippen molar-refractivity contribution in [1.82, 2.24) is 0 Å². The van der Waals surface area contributed by atoms with Crippen LogP contribution < -0.4 is 0 Å². The van der Waals surface area contributed by atoms with E-state index in [-0.39, 0.29) is 56.3 Å². The molecule has 0 unspecified atom stereocenters. The van der Waals surface area contributed by atoms with Gasteiger partial charge in [-0.15, -0.1) is 0 Å². The lowest BCUT2D eigenvalue weighted by molar-refractivity contribution is -0.171. The Labute approximate surface area is 176 Å². The molecule has 28 heavy (non-hydrogen) atoms. The van der Waals surface area contributed by atoms with Gasteiger partial charge in [-0.05, 0) is 93.9 Å². The fourth-order valence-corrected chi connectivity index (χ4v) is 2.43. The third-order valence-corrected chi connectivity index (χ3v) is 4.77. The number of ether oxygens (including phenoxy) is 2. The normalized spacial score (nSPS) is 19.1. The van der Waals surface area contributed by atoms with Gasteiger partial charge in [0.2, 0.25) is 0 Å². The Morgan fingerprint density at radius 3 is 1.14 bits per heavy atom. The third-order valence-electron chi connectivity index (χ3n) is 4.77. The van der Waals surface area contributed by atoms with Crippen LogP contribution in [0.15, 0.2) is 0 Å². The fraction of sp³-hybridized carbons (Fsp3) is 0.917. The highest BCUT2D eigenvalue weighted by molar-refractivity contribution is 5.76. The SMILES string of the molecule is C.C.C.CC1(OC(=O)C(C)(C)C)CC1.CC1(OC(=O)C(C)(C)C)CCCCC1. The second-order valence-electron chi connectivity index (χ2n) is 10.2. The summed E-state index contributed by atoms with van der Waals surface area (Å²) >= 11 is 0. The Kier molecular flexibility index (Phi) is 12.7. The highest BCUT2D eigenvalue weighted by Crippen LogP contribution is 2.40. The summed E-state index contributed by atoms with van der Waals surface area (Å²) in [5.74, 6) is -0.153. The lowest BCUT2D eigenvalue weighted by atomic mass is 9.85. The van der Waals surface area contributed by atoms with Gasteiger partial charge in [-0.25, -0.2) is 0 Å². The van der Waals surface area contributed by atoms with Gasteiger partial charge in [0.05, 0.1) is 10.8 Å². The van der Waals surface area contributed by atoms with Gasteiger partial charge in [-0.2, -0.15) is 0 Å². The summed E-state index contributed by atoms with van der Waals surface area (Å²) in [6.07, 6.45) is 7.75. The highest BCUT2D eigenvalue weighted by Gasteiger charge is 2.43. The molecule has 2 aliphatic carbocycles. The summed E-state index contributed by atoms with van der Waals surface area (Å²) in [6.45, 7) is 15.4. The standard InChI is InChI=1S/C12H22O2.C9H16O2.3CH4/c1-11(2,3)10(13)14-12(4)8-6-5-7-9-12;1-8(2,3)7(10)11-9(4)5-6-9;;;/h5-9H2,1-4H3;5-6H2,1-4H3;3*1H4. The van der Waals surface area contributed by atoms with Crippen molar-refractivity contribution in [2.24, 2.45) is 10.8 Å². The summed E-state index contributed by atoms with van der Waals surface area (Å²) in [5, 5.41) is 0. The molecule has 0 aromatic carbocycles. The van der Waals surface area contributed by atoms with Crippen LogP contribution in [0.2, 0.25) is 0 Å².